The number of carbonyl (C=O) groups excluding carboxylic acids is 2. The molecule has 0 aliphatic heterocycles. The van der Waals surface area contributed by atoms with E-state index in [0.717, 1.165) is 51.4 Å². The van der Waals surface area contributed by atoms with Gasteiger partial charge in [-0.05, 0) is 44.9 Å². The van der Waals surface area contributed by atoms with Gasteiger partial charge in [-0.15, -0.1) is 0 Å². The minimum absolute atomic E-state index is 0.0117. The van der Waals surface area contributed by atoms with E-state index < -0.39 is 12.1 Å². The summed E-state index contributed by atoms with van der Waals surface area (Å²) >= 11 is 0. The molecule has 2 atom stereocenters. The maximum Gasteiger partial charge on any atom is 0.305 e. The minimum Gasteiger partial charge on any atom is -0.466 e. The predicted octanol–water partition coefficient (Wildman–Crippen LogP) is 19.4. The second-order valence-corrected chi connectivity index (χ2v) is 21.4. The Balaban J connectivity index is 3.50. The summed E-state index contributed by atoms with van der Waals surface area (Å²) in [6, 6.07) is -0.586. The van der Waals surface area contributed by atoms with E-state index in [-0.39, 0.29) is 18.5 Å². The van der Waals surface area contributed by atoms with Crippen LogP contribution in [0.1, 0.15) is 341 Å². The van der Waals surface area contributed by atoms with Crippen molar-refractivity contribution in [1.29, 1.82) is 0 Å². The van der Waals surface area contributed by atoms with Crippen LogP contribution in [0.4, 0.5) is 0 Å². The maximum atomic E-state index is 12.5. The molecule has 0 aliphatic carbocycles. The standard InChI is InChI=1S/C63H121NO5/c1-3-5-7-9-11-13-15-17-19-21-23-24-25-26-28-31-35-39-43-47-51-55-61(66)60(59-65)64-62(67)56-52-48-44-40-36-32-30-34-38-42-46-50-54-58-69-63(68)57-53-49-45-41-37-33-29-27-22-20-18-16-14-12-10-8-6-4-2/h32,36,44,48,60-61,65-66H,3-31,33-35,37-43,45-47,49-59H2,1-2H3,(H,64,67)/b36-32-,48-44-. The van der Waals surface area contributed by atoms with E-state index in [2.05, 4.69) is 37.4 Å². The number of carbonyl (C=O) groups is 2. The Morgan fingerprint density at radius 1 is 0.406 bits per heavy atom. The molecule has 3 N–H and O–H groups in total. The van der Waals surface area contributed by atoms with Crippen LogP contribution in [-0.2, 0) is 14.3 Å². The lowest BCUT2D eigenvalue weighted by Crippen LogP contribution is -2.45. The molecule has 0 fully saturated rings. The number of hydrogen-bond donors (Lipinski definition) is 3. The summed E-state index contributed by atoms with van der Waals surface area (Å²) in [5, 5.41) is 23.3. The van der Waals surface area contributed by atoms with Crippen molar-refractivity contribution in [3.8, 4) is 0 Å². The zero-order chi connectivity index (χ0) is 50.0. The number of aliphatic hydroxyl groups excluding tert-OH is 2. The molecule has 0 saturated carbocycles. The van der Waals surface area contributed by atoms with Gasteiger partial charge in [-0.1, -0.05) is 308 Å². The van der Waals surface area contributed by atoms with Crippen LogP contribution in [0.5, 0.6) is 0 Å². The SMILES string of the molecule is CCCCCCCCCCCCCCCCCCCCCCCC(O)C(CO)NC(=O)CC/C=C\C/C=C\CCCCCCCCOC(=O)CCCCCCCCCCCCCCCCCCCC. The van der Waals surface area contributed by atoms with Crippen molar-refractivity contribution in [3.05, 3.63) is 24.3 Å². The first kappa shape index (κ1) is 67.3. The van der Waals surface area contributed by atoms with Crippen molar-refractivity contribution in [1.82, 2.24) is 5.32 Å². The van der Waals surface area contributed by atoms with Crippen LogP contribution < -0.4 is 5.32 Å². The second-order valence-electron chi connectivity index (χ2n) is 21.4. The van der Waals surface area contributed by atoms with Crippen LogP contribution in [0.15, 0.2) is 24.3 Å². The molecule has 6 nitrogen and oxygen atoms in total. The van der Waals surface area contributed by atoms with Crippen LogP contribution >= 0.6 is 0 Å². The van der Waals surface area contributed by atoms with Crippen LogP contribution in [0, 0.1) is 0 Å². The molecule has 6 heteroatoms. The largest absolute Gasteiger partial charge is 0.466 e. The Kier molecular flexibility index (Phi) is 57.5. The second kappa shape index (κ2) is 58.9. The molecule has 0 aromatic rings. The van der Waals surface area contributed by atoms with Crippen LogP contribution in [0.2, 0.25) is 0 Å². The molecule has 0 rings (SSSR count). The topological polar surface area (TPSA) is 95.9 Å². The van der Waals surface area contributed by atoms with Crippen molar-refractivity contribution in [2.75, 3.05) is 13.2 Å². The first-order valence-corrected chi connectivity index (χ1v) is 31.1. The quantitative estimate of drug-likeness (QED) is 0.0321. The number of hydrogen-bond acceptors (Lipinski definition) is 5. The highest BCUT2D eigenvalue weighted by molar-refractivity contribution is 5.76. The predicted molar refractivity (Wildman–Crippen MR) is 301 cm³/mol. The molecule has 0 aromatic heterocycles. The van der Waals surface area contributed by atoms with E-state index in [9.17, 15) is 19.8 Å². The fourth-order valence-electron chi connectivity index (χ4n) is 9.75. The highest BCUT2D eigenvalue weighted by atomic mass is 16.5. The lowest BCUT2D eigenvalue weighted by atomic mass is 10.0. The van der Waals surface area contributed by atoms with Crippen LogP contribution in [-0.4, -0.2) is 47.4 Å². The lowest BCUT2D eigenvalue weighted by molar-refractivity contribution is -0.143. The fourth-order valence-corrected chi connectivity index (χ4v) is 9.75. The molecule has 0 heterocycles. The number of ether oxygens (including phenoxy) is 1. The van der Waals surface area contributed by atoms with Crippen molar-refractivity contribution in [2.24, 2.45) is 0 Å². The van der Waals surface area contributed by atoms with Crippen molar-refractivity contribution in [3.63, 3.8) is 0 Å². The normalized spacial score (nSPS) is 12.7. The summed E-state index contributed by atoms with van der Waals surface area (Å²) in [5.74, 6) is -0.124. The summed E-state index contributed by atoms with van der Waals surface area (Å²) < 4.78 is 5.48. The third kappa shape index (κ3) is 55.5. The van der Waals surface area contributed by atoms with E-state index in [1.165, 1.54) is 250 Å². The molecule has 69 heavy (non-hydrogen) atoms. The van der Waals surface area contributed by atoms with Gasteiger partial charge in [0, 0.05) is 12.8 Å². The number of amides is 1. The lowest BCUT2D eigenvalue weighted by Gasteiger charge is -2.22. The summed E-state index contributed by atoms with van der Waals surface area (Å²) in [4.78, 5) is 24.6. The molecule has 2 unspecified atom stereocenters. The van der Waals surface area contributed by atoms with Gasteiger partial charge in [-0.2, -0.15) is 0 Å². The third-order valence-electron chi connectivity index (χ3n) is 14.5. The van der Waals surface area contributed by atoms with E-state index >= 15 is 0 Å². The molecule has 0 spiro atoms. The summed E-state index contributed by atoms with van der Waals surface area (Å²) in [5.41, 5.74) is 0. The Bertz CT molecular complexity index is 1080. The number of nitrogens with one attached hydrogen (secondary N) is 1. The molecule has 0 bridgehead atoms. The molecular weight excluding hydrogens is 851 g/mol. The maximum absolute atomic E-state index is 12.5. The van der Waals surface area contributed by atoms with Gasteiger partial charge in [0.05, 0.1) is 25.4 Å². The van der Waals surface area contributed by atoms with Gasteiger partial charge < -0.3 is 20.3 Å². The van der Waals surface area contributed by atoms with E-state index in [1.54, 1.807) is 0 Å². The number of aliphatic hydroxyl groups is 2. The molecule has 0 radical (unpaired) electrons. The van der Waals surface area contributed by atoms with Crippen molar-refractivity contribution < 1.29 is 24.5 Å². The van der Waals surface area contributed by atoms with Crippen LogP contribution in [0.3, 0.4) is 0 Å². The van der Waals surface area contributed by atoms with Gasteiger partial charge >= 0.3 is 5.97 Å². The van der Waals surface area contributed by atoms with E-state index in [4.69, 9.17) is 4.74 Å². The molecular formula is C63H121NO5. The molecule has 0 aromatic carbocycles. The summed E-state index contributed by atoms with van der Waals surface area (Å²) in [6.07, 6.45) is 72.0. The fraction of sp³-hybridized carbons (Fsp3) is 0.905. The van der Waals surface area contributed by atoms with Crippen molar-refractivity contribution in [2.45, 2.75) is 353 Å². The monoisotopic (exact) mass is 972 g/mol. The Morgan fingerprint density at radius 3 is 1.13 bits per heavy atom. The first-order chi connectivity index (χ1) is 34.0. The number of unbranched alkanes of at least 4 members (excludes halogenated alkanes) is 43. The summed E-state index contributed by atoms with van der Waals surface area (Å²) in [6.45, 7) is 4.92. The van der Waals surface area contributed by atoms with E-state index in [0.29, 0.717) is 32.3 Å². The van der Waals surface area contributed by atoms with Crippen molar-refractivity contribution >= 4 is 11.9 Å². The highest BCUT2D eigenvalue weighted by Gasteiger charge is 2.20. The van der Waals surface area contributed by atoms with E-state index in [1.807, 2.05) is 6.08 Å². The van der Waals surface area contributed by atoms with Gasteiger partial charge in [0.15, 0.2) is 0 Å². The van der Waals surface area contributed by atoms with Gasteiger partial charge in [0.25, 0.3) is 0 Å². The number of esters is 1. The Labute approximate surface area is 431 Å². The molecule has 0 saturated heterocycles. The zero-order valence-corrected chi connectivity index (χ0v) is 46.6. The molecule has 408 valence electrons. The third-order valence-corrected chi connectivity index (χ3v) is 14.5. The smallest absolute Gasteiger partial charge is 0.305 e. The average molecular weight is 973 g/mol. The van der Waals surface area contributed by atoms with Gasteiger partial charge in [0.2, 0.25) is 5.91 Å². The highest BCUT2D eigenvalue weighted by Crippen LogP contribution is 2.18. The Morgan fingerprint density at radius 2 is 0.739 bits per heavy atom. The van der Waals surface area contributed by atoms with Gasteiger partial charge in [0.1, 0.15) is 0 Å². The van der Waals surface area contributed by atoms with Gasteiger partial charge in [-0.25, -0.2) is 0 Å². The Hall–Kier alpha value is -1.66. The number of allylic oxidation sites excluding steroid dienone is 4. The summed E-state index contributed by atoms with van der Waals surface area (Å²) in [7, 11) is 0. The number of rotatable bonds is 58. The zero-order valence-electron chi connectivity index (χ0n) is 46.6. The average Bonchev–Trinajstić information content (AvgIpc) is 3.35. The van der Waals surface area contributed by atoms with Gasteiger partial charge in [-0.3, -0.25) is 9.59 Å². The van der Waals surface area contributed by atoms with Crippen LogP contribution in [0.25, 0.3) is 0 Å². The minimum atomic E-state index is -0.700. The first-order valence-electron chi connectivity index (χ1n) is 31.1. The molecule has 1 amide bonds. The molecule has 0 aliphatic rings.